The summed E-state index contributed by atoms with van der Waals surface area (Å²) < 4.78 is 4.74. The molecule has 4 rings (SSSR count). The van der Waals surface area contributed by atoms with E-state index in [1.165, 1.54) is 24.3 Å². The molecule has 0 spiro atoms. The molecular formula is C21H14N2O5. The third kappa shape index (κ3) is 2.79. The molecule has 0 saturated heterocycles. The van der Waals surface area contributed by atoms with Crippen molar-refractivity contribution in [1.29, 1.82) is 0 Å². The summed E-state index contributed by atoms with van der Waals surface area (Å²) >= 11 is 0. The number of hydrogen-bond acceptors (Lipinski definition) is 5. The number of anilines is 1. The zero-order valence-corrected chi connectivity index (χ0v) is 14.5. The minimum atomic E-state index is -0.762. The summed E-state index contributed by atoms with van der Waals surface area (Å²) in [5.74, 6) is -2.35. The molecule has 0 atom stereocenters. The van der Waals surface area contributed by atoms with E-state index in [1.54, 1.807) is 24.3 Å². The van der Waals surface area contributed by atoms with Gasteiger partial charge in [-0.3, -0.25) is 14.4 Å². The van der Waals surface area contributed by atoms with Crippen LogP contribution < -0.4 is 10.6 Å². The third-order valence-electron chi connectivity index (χ3n) is 4.48. The van der Waals surface area contributed by atoms with Gasteiger partial charge in [-0.1, -0.05) is 24.3 Å². The Morgan fingerprint density at radius 1 is 0.857 bits per heavy atom. The van der Waals surface area contributed by atoms with Crippen molar-refractivity contribution in [3.05, 3.63) is 77.4 Å². The Hall–Kier alpha value is -4.00. The zero-order chi connectivity index (χ0) is 19.8. The molecule has 1 aliphatic rings. The lowest BCUT2D eigenvalue weighted by atomic mass is 9.94. The van der Waals surface area contributed by atoms with Crippen molar-refractivity contribution in [2.45, 2.75) is 0 Å². The highest BCUT2D eigenvalue weighted by atomic mass is 16.5. The first-order valence-electron chi connectivity index (χ1n) is 8.43. The van der Waals surface area contributed by atoms with Crippen LogP contribution in [-0.2, 0) is 9.53 Å². The van der Waals surface area contributed by atoms with Gasteiger partial charge in [0.25, 0.3) is 17.7 Å². The van der Waals surface area contributed by atoms with Crippen LogP contribution in [0.15, 0.2) is 60.7 Å². The van der Waals surface area contributed by atoms with Crippen LogP contribution in [-0.4, -0.2) is 30.3 Å². The third-order valence-corrected chi connectivity index (χ3v) is 4.48. The molecule has 0 aromatic heterocycles. The SMILES string of the molecule is NC(=O)COC(=O)c1ccc(N2C(=O)c3cccc4cccc(c34)C2=O)cc1. The summed E-state index contributed by atoms with van der Waals surface area (Å²) in [6, 6.07) is 16.4. The van der Waals surface area contributed by atoms with Gasteiger partial charge in [-0.05, 0) is 41.8 Å². The summed E-state index contributed by atoms with van der Waals surface area (Å²) in [4.78, 5) is 49.6. The minimum Gasteiger partial charge on any atom is -0.452 e. The van der Waals surface area contributed by atoms with Crippen LogP contribution in [0.25, 0.3) is 10.8 Å². The molecule has 3 amide bonds. The van der Waals surface area contributed by atoms with Crippen LogP contribution in [0, 0.1) is 0 Å². The number of rotatable bonds is 4. The summed E-state index contributed by atoms with van der Waals surface area (Å²) in [7, 11) is 0. The smallest absolute Gasteiger partial charge is 0.338 e. The highest BCUT2D eigenvalue weighted by Crippen LogP contribution is 2.32. The van der Waals surface area contributed by atoms with Crippen LogP contribution in [0.5, 0.6) is 0 Å². The number of primary amides is 1. The Balaban J connectivity index is 1.69. The average molecular weight is 374 g/mol. The van der Waals surface area contributed by atoms with Gasteiger partial charge in [0, 0.05) is 16.5 Å². The fourth-order valence-corrected chi connectivity index (χ4v) is 3.23. The monoisotopic (exact) mass is 374 g/mol. The number of benzene rings is 3. The summed E-state index contributed by atoms with van der Waals surface area (Å²) in [6.07, 6.45) is 0. The predicted molar refractivity (Wildman–Crippen MR) is 101 cm³/mol. The molecule has 0 unspecified atom stereocenters. The molecule has 1 aliphatic heterocycles. The number of carbonyl (C=O) groups excluding carboxylic acids is 4. The maximum Gasteiger partial charge on any atom is 0.338 e. The second-order valence-corrected chi connectivity index (χ2v) is 6.24. The van der Waals surface area contributed by atoms with E-state index in [-0.39, 0.29) is 5.56 Å². The quantitative estimate of drug-likeness (QED) is 0.557. The van der Waals surface area contributed by atoms with Crippen molar-refractivity contribution in [3.63, 3.8) is 0 Å². The average Bonchev–Trinajstić information content (AvgIpc) is 2.70. The first-order chi connectivity index (χ1) is 13.5. The van der Waals surface area contributed by atoms with Gasteiger partial charge in [0.2, 0.25) is 0 Å². The number of esters is 1. The summed E-state index contributed by atoms with van der Waals surface area (Å²) in [6.45, 7) is -0.523. The molecule has 0 bridgehead atoms. The number of hydrogen-bond donors (Lipinski definition) is 1. The number of nitrogens with two attached hydrogens (primary N) is 1. The van der Waals surface area contributed by atoms with Crippen molar-refractivity contribution < 1.29 is 23.9 Å². The van der Waals surface area contributed by atoms with Crippen molar-refractivity contribution in [2.75, 3.05) is 11.5 Å². The molecule has 138 valence electrons. The molecule has 2 N–H and O–H groups in total. The minimum absolute atomic E-state index is 0.171. The van der Waals surface area contributed by atoms with Gasteiger partial charge in [-0.2, -0.15) is 0 Å². The first kappa shape index (κ1) is 17.4. The molecule has 0 fully saturated rings. The number of amides is 3. The summed E-state index contributed by atoms with van der Waals surface area (Å²) in [5, 5.41) is 1.46. The van der Waals surface area contributed by atoms with E-state index < -0.39 is 30.3 Å². The lowest BCUT2D eigenvalue weighted by Gasteiger charge is -2.27. The van der Waals surface area contributed by atoms with Gasteiger partial charge in [-0.15, -0.1) is 0 Å². The molecule has 0 saturated carbocycles. The molecular weight excluding hydrogens is 360 g/mol. The molecule has 0 radical (unpaired) electrons. The molecule has 28 heavy (non-hydrogen) atoms. The standard InChI is InChI=1S/C21H14N2O5/c22-17(24)11-28-21(27)13-7-9-14(10-8-13)23-19(25)15-5-1-3-12-4-2-6-16(18(12)15)20(23)26/h1-10H,11H2,(H2,22,24). The fourth-order valence-electron chi connectivity index (χ4n) is 3.23. The second kappa shape index (κ2) is 6.62. The summed E-state index contributed by atoms with van der Waals surface area (Å²) in [5.41, 5.74) is 6.33. The van der Waals surface area contributed by atoms with Gasteiger partial charge in [0.1, 0.15) is 0 Å². The van der Waals surface area contributed by atoms with Gasteiger partial charge in [0.05, 0.1) is 11.3 Å². The largest absolute Gasteiger partial charge is 0.452 e. The number of ether oxygens (including phenoxy) is 1. The highest BCUT2D eigenvalue weighted by Gasteiger charge is 2.33. The predicted octanol–water partition coefficient (Wildman–Crippen LogP) is 2.28. The van der Waals surface area contributed by atoms with Crippen molar-refractivity contribution in [2.24, 2.45) is 5.73 Å². The van der Waals surface area contributed by atoms with Crippen LogP contribution in [0.3, 0.4) is 0 Å². The Morgan fingerprint density at radius 3 is 1.96 bits per heavy atom. The lowest BCUT2D eigenvalue weighted by molar-refractivity contribution is -0.121. The second-order valence-electron chi connectivity index (χ2n) is 6.24. The molecule has 7 nitrogen and oxygen atoms in total. The van der Waals surface area contributed by atoms with Crippen molar-refractivity contribution in [3.8, 4) is 0 Å². The van der Waals surface area contributed by atoms with E-state index in [1.807, 2.05) is 12.1 Å². The van der Waals surface area contributed by atoms with E-state index in [4.69, 9.17) is 10.5 Å². The molecule has 7 heteroatoms. The number of imide groups is 1. The van der Waals surface area contributed by atoms with E-state index >= 15 is 0 Å². The zero-order valence-electron chi connectivity index (χ0n) is 14.5. The molecule has 0 aliphatic carbocycles. The Bertz CT molecular complexity index is 1100. The topological polar surface area (TPSA) is 107 Å². The van der Waals surface area contributed by atoms with E-state index in [2.05, 4.69) is 0 Å². The van der Waals surface area contributed by atoms with Gasteiger partial charge in [-0.25, -0.2) is 9.69 Å². The maximum absolute atomic E-state index is 13.0. The normalized spacial score (nSPS) is 12.9. The van der Waals surface area contributed by atoms with Gasteiger partial charge in [0.15, 0.2) is 6.61 Å². The van der Waals surface area contributed by atoms with Crippen LogP contribution in [0.2, 0.25) is 0 Å². The van der Waals surface area contributed by atoms with Gasteiger partial charge < -0.3 is 10.5 Å². The molecule has 1 heterocycles. The molecule has 3 aromatic carbocycles. The van der Waals surface area contributed by atoms with Gasteiger partial charge >= 0.3 is 5.97 Å². The highest BCUT2D eigenvalue weighted by molar-refractivity contribution is 6.35. The van der Waals surface area contributed by atoms with Crippen molar-refractivity contribution in [1.82, 2.24) is 0 Å². The van der Waals surface area contributed by atoms with E-state index in [9.17, 15) is 19.2 Å². The van der Waals surface area contributed by atoms with E-state index in [0.717, 1.165) is 10.3 Å². The molecule has 3 aromatic rings. The Morgan fingerprint density at radius 2 is 1.43 bits per heavy atom. The first-order valence-corrected chi connectivity index (χ1v) is 8.43. The Kier molecular flexibility index (Phi) is 4.12. The van der Waals surface area contributed by atoms with Crippen molar-refractivity contribution >= 4 is 40.2 Å². The van der Waals surface area contributed by atoms with Crippen LogP contribution >= 0.6 is 0 Å². The van der Waals surface area contributed by atoms with Crippen LogP contribution in [0.4, 0.5) is 5.69 Å². The number of nitrogens with zero attached hydrogens (tertiary/aromatic N) is 1. The van der Waals surface area contributed by atoms with E-state index in [0.29, 0.717) is 22.2 Å². The van der Waals surface area contributed by atoms with Crippen LogP contribution in [0.1, 0.15) is 31.1 Å². The number of carbonyl (C=O) groups is 4. The Labute approximate surface area is 159 Å². The maximum atomic E-state index is 13.0. The lowest BCUT2D eigenvalue weighted by Crippen LogP contribution is -2.40. The fraction of sp³-hybridized carbons (Fsp3) is 0.0476.